The van der Waals surface area contributed by atoms with E-state index in [1.807, 2.05) is 6.08 Å². The summed E-state index contributed by atoms with van der Waals surface area (Å²) in [6, 6.07) is 0. The van der Waals surface area contributed by atoms with Crippen molar-refractivity contribution >= 4 is 0 Å². The summed E-state index contributed by atoms with van der Waals surface area (Å²) in [5.74, 6) is -0.363. The van der Waals surface area contributed by atoms with Crippen LogP contribution in [0.1, 0.15) is 39.5 Å². The van der Waals surface area contributed by atoms with Crippen LogP contribution in [-0.4, -0.2) is 54.7 Å². The van der Waals surface area contributed by atoms with E-state index in [9.17, 15) is 5.11 Å². The molecule has 0 aromatic rings. The molecule has 0 aromatic heterocycles. The van der Waals surface area contributed by atoms with Crippen LogP contribution in [-0.2, 0) is 9.47 Å². The smallest absolute Gasteiger partial charge is 0.170 e. The fourth-order valence-electron chi connectivity index (χ4n) is 2.80. The molecule has 2 fully saturated rings. The third-order valence-corrected chi connectivity index (χ3v) is 4.24. The Morgan fingerprint density at radius 3 is 2.40 bits per heavy atom. The number of rotatable bonds is 5. The number of ether oxygens (including phenoxy) is 2. The lowest BCUT2D eigenvalue weighted by atomic mass is 9.92. The van der Waals surface area contributed by atoms with Gasteiger partial charge in [0.1, 0.15) is 0 Å². The number of piperidine rings is 1. The zero-order valence-electron chi connectivity index (χ0n) is 12.9. The fraction of sp³-hybridized carbons (Fsp3) is 0.875. The van der Waals surface area contributed by atoms with Gasteiger partial charge in [-0.05, 0) is 12.8 Å². The first-order valence-corrected chi connectivity index (χ1v) is 7.74. The standard InChI is InChI=1S/C16H29NO3/c1-4-5-6-14(18)11-17-9-7-16(8-10-17)19-12-15(2,3)13-20-16/h4,14,18H,1,5-13H2,2-3H3/t14-/m0/s1. The normalized spacial score (nSPS) is 27.4. The highest BCUT2D eigenvalue weighted by atomic mass is 16.7. The Morgan fingerprint density at radius 1 is 1.25 bits per heavy atom. The Morgan fingerprint density at radius 2 is 1.85 bits per heavy atom. The molecule has 4 heteroatoms. The number of aliphatic hydroxyl groups excluding tert-OH is 1. The van der Waals surface area contributed by atoms with Gasteiger partial charge in [-0.3, -0.25) is 0 Å². The first-order chi connectivity index (χ1) is 9.45. The molecule has 4 nitrogen and oxygen atoms in total. The number of allylic oxidation sites excluding steroid dienone is 1. The molecule has 0 radical (unpaired) electrons. The molecule has 0 amide bonds. The van der Waals surface area contributed by atoms with Gasteiger partial charge in [-0.2, -0.15) is 0 Å². The molecule has 0 aliphatic carbocycles. The summed E-state index contributed by atoms with van der Waals surface area (Å²) in [5, 5.41) is 9.95. The minimum atomic E-state index is -0.363. The van der Waals surface area contributed by atoms with Gasteiger partial charge >= 0.3 is 0 Å². The Balaban J connectivity index is 1.74. The second-order valence-corrected chi connectivity index (χ2v) is 6.97. The number of hydrogen-bond acceptors (Lipinski definition) is 4. The Labute approximate surface area is 122 Å². The molecule has 0 saturated carbocycles. The van der Waals surface area contributed by atoms with Crippen LogP contribution in [0.5, 0.6) is 0 Å². The van der Waals surface area contributed by atoms with Crippen LogP contribution in [0, 0.1) is 5.41 Å². The van der Waals surface area contributed by atoms with Crippen LogP contribution in [0.2, 0.25) is 0 Å². The van der Waals surface area contributed by atoms with Crippen LogP contribution in [0.25, 0.3) is 0 Å². The molecule has 1 N–H and O–H groups in total. The third kappa shape index (κ3) is 4.29. The average Bonchev–Trinajstić information content (AvgIpc) is 2.43. The van der Waals surface area contributed by atoms with Crippen LogP contribution < -0.4 is 0 Å². The van der Waals surface area contributed by atoms with Gasteiger partial charge < -0.3 is 19.5 Å². The first kappa shape index (κ1) is 16.0. The van der Waals surface area contributed by atoms with Crippen molar-refractivity contribution in [1.29, 1.82) is 0 Å². The van der Waals surface area contributed by atoms with Gasteiger partial charge in [-0.15, -0.1) is 6.58 Å². The predicted molar refractivity (Wildman–Crippen MR) is 79.5 cm³/mol. The summed E-state index contributed by atoms with van der Waals surface area (Å²) < 4.78 is 12.0. The molecule has 2 aliphatic rings. The molecule has 20 heavy (non-hydrogen) atoms. The molecular weight excluding hydrogens is 254 g/mol. The molecule has 0 bridgehead atoms. The molecule has 0 aromatic carbocycles. The molecule has 2 aliphatic heterocycles. The summed E-state index contributed by atoms with van der Waals surface area (Å²) in [5.41, 5.74) is 0.128. The quantitative estimate of drug-likeness (QED) is 0.785. The van der Waals surface area contributed by atoms with Crippen molar-refractivity contribution in [3.8, 4) is 0 Å². The van der Waals surface area contributed by atoms with E-state index in [0.29, 0.717) is 0 Å². The van der Waals surface area contributed by atoms with Crippen molar-refractivity contribution in [2.24, 2.45) is 5.41 Å². The van der Waals surface area contributed by atoms with E-state index in [0.717, 1.165) is 58.5 Å². The Hall–Kier alpha value is -0.420. The Bertz CT molecular complexity index is 310. The minimum Gasteiger partial charge on any atom is -0.392 e. The molecular formula is C16H29NO3. The van der Waals surface area contributed by atoms with Gasteiger partial charge in [-0.25, -0.2) is 0 Å². The van der Waals surface area contributed by atoms with Gasteiger partial charge in [0.25, 0.3) is 0 Å². The van der Waals surface area contributed by atoms with Crippen molar-refractivity contribution in [3.63, 3.8) is 0 Å². The molecule has 0 unspecified atom stereocenters. The molecule has 1 atom stereocenters. The van der Waals surface area contributed by atoms with Crippen molar-refractivity contribution in [3.05, 3.63) is 12.7 Å². The highest BCUT2D eigenvalue weighted by Gasteiger charge is 2.42. The largest absolute Gasteiger partial charge is 0.392 e. The first-order valence-electron chi connectivity index (χ1n) is 7.74. The second-order valence-electron chi connectivity index (χ2n) is 6.97. The van der Waals surface area contributed by atoms with E-state index in [1.54, 1.807) is 0 Å². The number of β-amino-alcohol motifs (C(OH)–C–C–N with tert-alkyl or cyclic N) is 1. The SMILES string of the molecule is C=CCC[C@H](O)CN1CCC2(CC1)OCC(C)(C)CO2. The molecule has 1 spiro atoms. The zero-order valence-corrected chi connectivity index (χ0v) is 12.9. The van der Waals surface area contributed by atoms with E-state index in [-0.39, 0.29) is 17.3 Å². The van der Waals surface area contributed by atoms with Gasteiger partial charge in [0.15, 0.2) is 5.79 Å². The maximum Gasteiger partial charge on any atom is 0.170 e. The van der Waals surface area contributed by atoms with Crippen LogP contribution >= 0.6 is 0 Å². The van der Waals surface area contributed by atoms with E-state index in [1.165, 1.54) is 0 Å². The van der Waals surface area contributed by atoms with E-state index < -0.39 is 0 Å². The summed E-state index contributed by atoms with van der Waals surface area (Å²) in [6.45, 7) is 12.2. The summed E-state index contributed by atoms with van der Waals surface area (Å²) in [4.78, 5) is 2.31. The summed E-state index contributed by atoms with van der Waals surface area (Å²) >= 11 is 0. The lowest BCUT2D eigenvalue weighted by Crippen LogP contribution is -2.54. The van der Waals surface area contributed by atoms with Gasteiger partial charge in [0.05, 0.1) is 19.3 Å². The monoisotopic (exact) mass is 283 g/mol. The van der Waals surface area contributed by atoms with Crippen molar-refractivity contribution in [1.82, 2.24) is 4.90 Å². The second kappa shape index (κ2) is 6.56. The van der Waals surface area contributed by atoms with Crippen LogP contribution in [0.4, 0.5) is 0 Å². The van der Waals surface area contributed by atoms with Crippen molar-refractivity contribution in [2.75, 3.05) is 32.8 Å². The summed E-state index contributed by atoms with van der Waals surface area (Å²) in [6.07, 6.45) is 5.08. The highest BCUT2D eigenvalue weighted by molar-refractivity contribution is 4.86. The topological polar surface area (TPSA) is 41.9 Å². The highest BCUT2D eigenvalue weighted by Crippen LogP contribution is 2.36. The average molecular weight is 283 g/mol. The maximum atomic E-state index is 9.95. The van der Waals surface area contributed by atoms with E-state index in [2.05, 4.69) is 25.3 Å². The van der Waals surface area contributed by atoms with Crippen LogP contribution in [0.15, 0.2) is 12.7 Å². The van der Waals surface area contributed by atoms with Gasteiger partial charge in [-0.1, -0.05) is 19.9 Å². The van der Waals surface area contributed by atoms with Gasteiger partial charge in [0, 0.05) is 37.9 Å². The zero-order chi connectivity index (χ0) is 14.6. The lowest BCUT2D eigenvalue weighted by Gasteiger charge is -2.47. The third-order valence-electron chi connectivity index (χ3n) is 4.24. The maximum absolute atomic E-state index is 9.95. The van der Waals surface area contributed by atoms with Gasteiger partial charge in [0.2, 0.25) is 0 Å². The predicted octanol–water partition coefficient (Wildman–Crippen LogP) is 2.18. The number of hydrogen-bond donors (Lipinski definition) is 1. The lowest BCUT2D eigenvalue weighted by molar-refractivity contribution is -0.313. The Kier molecular flexibility index (Phi) is 5.24. The van der Waals surface area contributed by atoms with E-state index in [4.69, 9.17) is 9.47 Å². The number of likely N-dealkylation sites (tertiary alicyclic amines) is 1. The number of aliphatic hydroxyl groups is 1. The number of nitrogens with zero attached hydrogens (tertiary/aromatic N) is 1. The molecule has 2 saturated heterocycles. The minimum absolute atomic E-state index is 0.128. The molecule has 116 valence electrons. The summed E-state index contributed by atoms with van der Waals surface area (Å²) in [7, 11) is 0. The van der Waals surface area contributed by atoms with E-state index >= 15 is 0 Å². The molecule has 2 heterocycles. The van der Waals surface area contributed by atoms with Crippen molar-refractivity contribution < 1.29 is 14.6 Å². The fourth-order valence-corrected chi connectivity index (χ4v) is 2.80. The molecule has 2 rings (SSSR count). The van der Waals surface area contributed by atoms with Crippen LogP contribution in [0.3, 0.4) is 0 Å². The van der Waals surface area contributed by atoms with Crippen molar-refractivity contribution in [2.45, 2.75) is 51.4 Å².